The maximum absolute atomic E-state index is 13.1. The van der Waals surface area contributed by atoms with Gasteiger partial charge in [0.1, 0.15) is 0 Å². The van der Waals surface area contributed by atoms with Crippen LogP contribution in [0.4, 0.5) is 5.69 Å². The molecule has 2 heterocycles. The number of carbonyl (C=O) groups excluding carboxylic acids is 1. The molecule has 0 fully saturated rings. The van der Waals surface area contributed by atoms with Crippen molar-refractivity contribution in [1.29, 1.82) is 0 Å². The predicted octanol–water partition coefficient (Wildman–Crippen LogP) is 7.83. The largest absolute Gasteiger partial charge is 0.321 e. The highest BCUT2D eigenvalue weighted by Gasteiger charge is 2.17. The van der Waals surface area contributed by atoms with E-state index in [2.05, 4.69) is 10.3 Å². The van der Waals surface area contributed by atoms with E-state index in [4.69, 9.17) is 46.4 Å². The average Bonchev–Trinajstić information content (AvgIpc) is 3.11. The number of nitrogens with zero attached hydrogens (tertiary/aromatic N) is 1. The Labute approximate surface area is 184 Å². The molecule has 4 rings (SSSR count). The molecule has 1 amide bonds. The Hall–Kier alpha value is -1.82. The van der Waals surface area contributed by atoms with Crippen LogP contribution in [0, 0.1) is 0 Å². The van der Waals surface area contributed by atoms with E-state index < -0.39 is 0 Å². The lowest BCUT2D eigenvalue weighted by Gasteiger charge is -2.12. The molecule has 0 radical (unpaired) electrons. The average molecular weight is 468 g/mol. The van der Waals surface area contributed by atoms with Gasteiger partial charge < -0.3 is 5.32 Å². The van der Waals surface area contributed by atoms with Crippen LogP contribution < -0.4 is 5.32 Å². The van der Waals surface area contributed by atoms with Gasteiger partial charge in [-0.1, -0.05) is 64.6 Å². The van der Waals surface area contributed by atoms with Crippen molar-refractivity contribution in [3.05, 3.63) is 79.6 Å². The van der Waals surface area contributed by atoms with E-state index in [9.17, 15) is 4.79 Å². The maximum Gasteiger partial charge on any atom is 0.256 e. The van der Waals surface area contributed by atoms with Crippen LogP contribution in [0.25, 0.3) is 21.5 Å². The van der Waals surface area contributed by atoms with Gasteiger partial charge in [-0.05, 0) is 36.4 Å². The lowest BCUT2D eigenvalue weighted by atomic mass is 10.1. The third kappa shape index (κ3) is 3.84. The van der Waals surface area contributed by atoms with Crippen LogP contribution >= 0.6 is 57.7 Å². The second-order valence-electron chi connectivity index (χ2n) is 5.88. The summed E-state index contributed by atoms with van der Waals surface area (Å²) in [4.78, 5) is 18.6. The molecule has 0 aliphatic heterocycles. The number of fused-ring (bicyclic) bond motifs is 1. The first kappa shape index (κ1) is 19.5. The molecular formula is C20H10Cl4N2OS. The normalized spacial score (nSPS) is 11.0. The van der Waals surface area contributed by atoms with Crippen LogP contribution in [0.15, 0.2) is 54.6 Å². The van der Waals surface area contributed by atoms with E-state index in [1.165, 1.54) is 23.5 Å². The second-order valence-corrected chi connectivity index (χ2v) is 8.81. The van der Waals surface area contributed by atoms with Crippen LogP contribution in [0.1, 0.15) is 10.4 Å². The van der Waals surface area contributed by atoms with Crippen LogP contribution in [0.5, 0.6) is 0 Å². The van der Waals surface area contributed by atoms with E-state index in [1.54, 1.807) is 12.1 Å². The fourth-order valence-electron chi connectivity index (χ4n) is 2.75. The molecule has 2 aromatic heterocycles. The SMILES string of the molecule is O=C(Nc1cc(Cl)c(Cl)cc1Cl)c1cc(-c2ccc(Cl)s2)nc2ccccc12. The molecule has 2 aromatic carbocycles. The molecule has 0 spiro atoms. The quantitative estimate of drug-likeness (QED) is 0.312. The van der Waals surface area contributed by atoms with E-state index in [0.717, 1.165) is 10.3 Å². The van der Waals surface area contributed by atoms with E-state index >= 15 is 0 Å². The first-order valence-corrected chi connectivity index (χ1v) is 10.4. The Morgan fingerprint density at radius 1 is 0.893 bits per heavy atom. The number of pyridine rings is 1. The summed E-state index contributed by atoms with van der Waals surface area (Å²) in [6.07, 6.45) is 0. The highest BCUT2D eigenvalue weighted by molar-refractivity contribution is 7.19. The van der Waals surface area contributed by atoms with Gasteiger partial charge in [-0.3, -0.25) is 4.79 Å². The van der Waals surface area contributed by atoms with Crippen molar-refractivity contribution < 1.29 is 4.79 Å². The van der Waals surface area contributed by atoms with Crippen LogP contribution in [-0.2, 0) is 0 Å². The molecule has 1 N–H and O–H groups in total. The lowest BCUT2D eigenvalue weighted by molar-refractivity contribution is 0.102. The minimum atomic E-state index is -0.331. The molecule has 28 heavy (non-hydrogen) atoms. The molecule has 8 heteroatoms. The molecule has 3 nitrogen and oxygen atoms in total. The van der Waals surface area contributed by atoms with Gasteiger partial charge in [-0.25, -0.2) is 4.98 Å². The third-order valence-corrected chi connectivity index (χ3v) is 6.33. The molecular weight excluding hydrogens is 458 g/mol. The van der Waals surface area contributed by atoms with E-state index in [0.29, 0.717) is 41.9 Å². The summed E-state index contributed by atoms with van der Waals surface area (Å²) in [6.45, 7) is 0. The number of anilines is 1. The van der Waals surface area contributed by atoms with Gasteiger partial charge in [-0.2, -0.15) is 0 Å². The summed E-state index contributed by atoms with van der Waals surface area (Å²) in [5.74, 6) is -0.331. The molecule has 140 valence electrons. The topological polar surface area (TPSA) is 42.0 Å². The summed E-state index contributed by atoms with van der Waals surface area (Å²) >= 11 is 25.7. The summed E-state index contributed by atoms with van der Waals surface area (Å²) < 4.78 is 0.651. The zero-order valence-corrected chi connectivity index (χ0v) is 17.8. The van der Waals surface area contributed by atoms with Crippen molar-refractivity contribution in [3.8, 4) is 10.6 Å². The third-order valence-electron chi connectivity index (χ3n) is 4.04. The Morgan fingerprint density at radius 2 is 1.64 bits per heavy atom. The number of aromatic nitrogens is 1. The molecule has 0 atom stereocenters. The maximum atomic E-state index is 13.1. The fourth-order valence-corrected chi connectivity index (χ4v) is 4.35. The first-order valence-electron chi connectivity index (χ1n) is 8.04. The number of hydrogen-bond acceptors (Lipinski definition) is 3. The van der Waals surface area contributed by atoms with Crippen molar-refractivity contribution >= 4 is 80.2 Å². The number of rotatable bonds is 3. The zero-order chi connectivity index (χ0) is 19.8. The van der Waals surface area contributed by atoms with Gasteiger partial charge in [0.05, 0.1) is 46.7 Å². The van der Waals surface area contributed by atoms with Crippen molar-refractivity contribution in [2.24, 2.45) is 0 Å². The minimum Gasteiger partial charge on any atom is -0.321 e. The standard InChI is InChI=1S/C20H10Cl4N2OS/c21-12-8-14(23)16(9-13(12)22)26-20(27)11-7-17(18-5-6-19(24)28-18)25-15-4-2-1-3-10(11)15/h1-9H,(H,26,27). The summed E-state index contributed by atoms with van der Waals surface area (Å²) in [6, 6.07) is 15.9. The molecule has 0 unspecified atom stereocenters. The smallest absolute Gasteiger partial charge is 0.256 e. The highest BCUT2D eigenvalue weighted by atomic mass is 35.5. The number of benzene rings is 2. The number of hydrogen-bond donors (Lipinski definition) is 1. The number of nitrogens with one attached hydrogen (secondary N) is 1. The Morgan fingerprint density at radius 3 is 2.39 bits per heavy atom. The molecule has 4 aromatic rings. The summed E-state index contributed by atoms with van der Waals surface area (Å²) in [5, 5.41) is 4.44. The second kappa shape index (κ2) is 7.90. The van der Waals surface area contributed by atoms with Gasteiger partial charge in [0, 0.05) is 5.39 Å². The number of amides is 1. The Bertz CT molecular complexity index is 1220. The zero-order valence-electron chi connectivity index (χ0n) is 14.0. The van der Waals surface area contributed by atoms with Crippen molar-refractivity contribution in [3.63, 3.8) is 0 Å². The number of carbonyl (C=O) groups is 1. The summed E-state index contributed by atoms with van der Waals surface area (Å²) in [7, 11) is 0. The molecule has 0 aliphatic rings. The number of halogens is 4. The molecule has 0 saturated carbocycles. The lowest BCUT2D eigenvalue weighted by Crippen LogP contribution is -2.13. The number of para-hydroxylation sites is 1. The first-order chi connectivity index (χ1) is 13.4. The predicted molar refractivity (Wildman–Crippen MR) is 119 cm³/mol. The molecule has 0 aliphatic carbocycles. The van der Waals surface area contributed by atoms with Crippen LogP contribution in [0.3, 0.4) is 0 Å². The van der Waals surface area contributed by atoms with Gasteiger partial charge in [-0.15, -0.1) is 11.3 Å². The van der Waals surface area contributed by atoms with Crippen LogP contribution in [0.2, 0.25) is 19.4 Å². The minimum absolute atomic E-state index is 0.298. The van der Waals surface area contributed by atoms with Crippen molar-refractivity contribution in [2.75, 3.05) is 5.32 Å². The monoisotopic (exact) mass is 466 g/mol. The van der Waals surface area contributed by atoms with Gasteiger partial charge >= 0.3 is 0 Å². The Kier molecular flexibility index (Phi) is 5.50. The van der Waals surface area contributed by atoms with E-state index in [-0.39, 0.29) is 5.91 Å². The summed E-state index contributed by atoms with van der Waals surface area (Å²) in [5.41, 5.74) is 2.21. The van der Waals surface area contributed by atoms with E-state index in [1.807, 2.05) is 30.3 Å². The van der Waals surface area contributed by atoms with Crippen LogP contribution in [-0.4, -0.2) is 10.9 Å². The molecule has 0 bridgehead atoms. The van der Waals surface area contributed by atoms with Crippen molar-refractivity contribution in [1.82, 2.24) is 4.98 Å². The Balaban J connectivity index is 1.81. The fraction of sp³-hybridized carbons (Fsp3) is 0. The van der Waals surface area contributed by atoms with Gasteiger partial charge in [0.15, 0.2) is 0 Å². The van der Waals surface area contributed by atoms with Crippen molar-refractivity contribution in [2.45, 2.75) is 0 Å². The highest BCUT2D eigenvalue weighted by Crippen LogP contribution is 2.34. The van der Waals surface area contributed by atoms with Gasteiger partial charge in [0.2, 0.25) is 0 Å². The molecule has 0 saturated heterocycles. The van der Waals surface area contributed by atoms with Gasteiger partial charge in [0.25, 0.3) is 5.91 Å². The number of thiophene rings is 1.